The summed E-state index contributed by atoms with van der Waals surface area (Å²) in [7, 11) is 0. The summed E-state index contributed by atoms with van der Waals surface area (Å²) in [6.45, 7) is 0.790. The van der Waals surface area contributed by atoms with Gasteiger partial charge in [-0.3, -0.25) is 4.79 Å². The fourth-order valence-corrected chi connectivity index (χ4v) is 3.21. The van der Waals surface area contributed by atoms with Crippen molar-refractivity contribution in [3.8, 4) is 5.75 Å². The first kappa shape index (κ1) is 16.1. The van der Waals surface area contributed by atoms with Crippen molar-refractivity contribution in [3.05, 3.63) is 23.8 Å². The van der Waals surface area contributed by atoms with E-state index in [1.165, 1.54) is 5.56 Å². The van der Waals surface area contributed by atoms with E-state index in [9.17, 15) is 4.79 Å². The van der Waals surface area contributed by atoms with Crippen LogP contribution in [0, 0.1) is 5.92 Å². The summed E-state index contributed by atoms with van der Waals surface area (Å²) in [6.07, 6.45) is 5.87. The number of halogens is 1. The van der Waals surface area contributed by atoms with Crippen molar-refractivity contribution in [2.75, 3.05) is 11.9 Å². The highest BCUT2D eigenvalue weighted by Crippen LogP contribution is 2.29. The zero-order valence-corrected chi connectivity index (χ0v) is 13.0. The van der Waals surface area contributed by atoms with Crippen LogP contribution >= 0.6 is 12.4 Å². The topological polar surface area (TPSA) is 64.4 Å². The maximum absolute atomic E-state index is 12.1. The number of aryl methyl sites for hydroxylation is 1. The molecule has 5 heteroatoms. The minimum Gasteiger partial charge on any atom is -0.493 e. The molecule has 0 unspecified atom stereocenters. The first-order valence-corrected chi connectivity index (χ1v) is 7.53. The number of amides is 1. The monoisotopic (exact) mass is 310 g/mol. The number of fused-ring (bicyclic) bond motifs is 1. The van der Waals surface area contributed by atoms with E-state index < -0.39 is 0 Å². The van der Waals surface area contributed by atoms with Crippen LogP contribution in [-0.2, 0) is 11.2 Å². The molecule has 1 aliphatic heterocycles. The molecule has 2 aliphatic rings. The SMILES string of the molecule is Cl.N[C@@H]1CCC[C@H]1CC(=O)Nc1ccc2c(c1)CCCO2. The van der Waals surface area contributed by atoms with Crippen LogP contribution in [0.3, 0.4) is 0 Å². The Bertz CT molecular complexity index is 507. The minimum absolute atomic E-state index is 0. The Balaban J connectivity index is 0.00000161. The van der Waals surface area contributed by atoms with Crippen molar-refractivity contribution < 1.29 is 9.53 Å². The van der Waals surface area contributed by atoms with Crippen LogP contribution in [-0.4, -0.2) is 18.6 Å². The summed E-state index contributed by atoms with van der Waals surface area (Å²) in [6, 6.07) is 6.08. The largest absolute Gasteiger partial charge is 0.493 e. The van der Waals surface area contributed by atoms with Crippen LogP contribution in [0.15, 0.2) is 18.2 Å². The van der Waals surface area contributed by atoms with Crippen LogP contribution < -0.4 is 15.8 Å². The molecule has 116 valence electrons. The smallest absolute Gasteiger partial charge is 0.224 e. The van der Waals surface area contributed by atoms with Crippen molar-refractivity contribution in [2.45, 2.75) is 44.6 Å². The third-order valence-corrected chi connectivity index (χ3v) is 4.36. The molecule has 3 N–H and O–H groups in total. The summed E-state index contributed by atoms with van der Waals surface area (Å²) in [5, 5.41) is 2.99. The van der Waals surface area contributed by atoms with Gasteiger partial charge in [-0.25, -0.2) is 0 Å². The number of hydrogen-bond acceptors (Lipinski definition) is 3. The Morgan fingerprint density at radius 3 is 2.95 bits per heavy atom. The summed E-state index contributed by atoms with van der Waals surface area (Å²) in [4.78, 5) is 12.1. The molecule has 0 spiro atoms. The average Bonchev–Trinajstić information content (AvgIpc) is 2.84. The Hall–Kier alpha value is -1.26. The molecule has 0 saturated heterocycles. The number of nitrogens with one attached hydrogen (secondary N) is 1. The van der Waals surface area contributed by atoms with Gasteiger partial charge in [0, 0.05) is 18.2 Å². The average molecular weight is 311 g/mol. The molecule has 1 heterocycles. The molecule has 0 bridgehead atoms. The Morgan fingerprint density at radius 1 is 1.33 bits per heavy atom. The molecule has 1 aromatic rings. The number of carbonyl (C=O) groups excluding carboxylic acids is 1. The molecule has 0 aromatic heterocycles. The number of carbonyl (C=O) groups is 1. The lowest BCUT2D eigenvalue weighted by atomic mass is 9.99. The van der Waals surface area contributed by atoms with Crippen molar-refractivity contribution in [3.63, 3.8) is 0 Å². The van der Waals surface area contributed by atoms with Gasteiger partial charge < -0.3 is 15.8 Å². The third-order valence-electron chi connectivity index (χ3n) is 4.36. The molecule has 1 saturated carbocycles. The third kappa shape index (κ3) is 3.89. The standard InChI is InChI=1S/C16H22N2O2.ClH/c17-14-5-1-3-11(14)10-16(19)18-13-6-7-15-12(9-13)4-2-8-20-15;/h6-7,9,11,14H,1-5,8,10,17H2,(H,18,19);1H/t11-,14+;/m0./s1. The molecular weight excluding hydrogens is 288 g/mol. The summed E-state index contributed by atoms with van der Waals surface area (Å²) in [5.74, 6) is 1.37. The van der Waals surface area contributed by atoms with Gasteiger partial charge in [0.25, 0.3) is 0 Å². The van der Waals surface area contributed by atoms with Gasteiger partial charge in [0.1, 0.15) is 5.75 Å². The van der Waals surface area contributed by atoms with Crippen molar-refractivity contribution in [1.29, 1.82) is 0 Å². The quantitative estimate of drug-likeness (QED) is 0.902. The highest BCUT2D eigenvalue weighted by Gasteiger charge is 2.26. The summed E-state index contributed by atoms with van der Waals surface area (Å²) < 4.78 is 5.58. The zero-order valence-electron chi connectivity index (χ0n) is 12.1. The van der Waals surface area contributed by atoms with E-state index in [0.29, 0.717) is 12.3 Å². The summed E-state index contributed by atoms with van der Waals surface area (Å²) >= 11 is 0. The fraction of sp³-hybridized carbons (Fsp3) is 0.562. The molecule has 0 radical (unpaired) electrons. The highest BCUT2D eigenvalue weighted by atomic mass is 35.5. The number of benzene rings is 1. The maximum atomic E-state index is 12.1. The molecule has 4 nitrogen and oxygen atoms in total. The predicted octanol–water partition coefficient (Wildman–Crippen LogP) is 2.89. The second-order valence-corrected chi connectivity index (χ2v) is 5.88. The molecule has 1 amide bonds. The first-order chi connectivity index (χ1) is 9.72. The highest BCUT2D eigenvalue weighted by molar-refractivity contribution is 5.91. The molecule has 3 rings (SSSR count). The van der Waals surface area contributed by atoms with Crippen LogP contribution in [0.2, 0.25) is 0 Å². The molecule has 21 heavy (non-hydrogen) atoms. The predicted molar refractivity (Wildman–Crippen MR) is 86.1 cm³/mol. The molecule has 1 aromatic carbocycles. The van der Waals surface area contributed by atoms with E-state index in [-0.39, 0.29) is 24.4 Å². The molecule has 2 atom stereocenters. The number of anilines is 1. The first-order valence-electron chi connectivity index (χ1n) is 7.53. The maximum Gasteiger partial charge on any atom is 0.224 e. The van der Waals surface area contributed by atoms with Gasteiger partial charge in [-0.2, -0.15) is 0 Å². The lowest BCUT2D eigenvalue weighted by molar-refractivity contribution is -0.117. The molecule has 1 fully saturated rings. The van der Waals surface area contributed by atoms with E-state index in [0.717, 1.165) is 50.1 Å². The number of ether oxygens (including phenoxy) is 1. The summed E-state index contributed by atoms with van der Waals surface area (Å²) in [5.41, 5.74) is 8.07. The molecular formula is C16H23ClN2O2. The zero-order chi connectivity index (χ0) is 13.9. The number of rotatable bonds is 3. The van der Waals surface area contributed by atoms with Gasteiger partial charge in [-0.1, -0.05) is 6.42 Å². The van der Waals surface area contributed by atoms with Gasteiger partial charge >= 0.3 is 0 Å². The lowest BCUT2D eigenvalue weighted by Gasteiger charge is -2.19. The van der Waals surface area contributed by atoms with Crippen LogP contribution in [0.4, 0.5) is 5.69 Å². The fourth-order valence-electron chi connectivity index (χ4n) is 3.21. The molecule has 1 aliphatic carbocycles. The van der Waals surface area contributed by atoms with Crippen molar-refractivity contribution in [2.24, 2.45) is 11.7 Å². The van der Waals surface area contributed by atoms with Crippen molar-refractivity contribution >= 4 is 24.0 Å². The van der Waals surface area contributed by atoms with Gasteiger partial charge in [0.2, 0.25) is 5.91 Å². The van der Waals surface area contributed by atoms with Gasteiger partial charge in [0.05, 0.1) is 6.61 Å². The van der Waals surface area contributed by atoms with Crippen molar-refractivity contribution in [1.82, 2.24) is 0 Å². The van der Waals surface area contributed by atoms with E-state index >= 15 is 0 Å². The van der Waals surface area contributed by atoms with Crippen LogP contribution in [0.5, 0.6) is 5.75 Å². The van der Waals surface area contributed by atoms with E-state index in [2.05, 4.69) is 5.32 Å². The minimum atomic E-state index is 0. The second-order valence-electron chi connectivity index (χ2n) is 5.88. The number of hydrogen-bond donors (Lipinski definition) is 2. The van der Waals surface area contributed by atoms with E-state index in [4.69, 9.17) is 10.5 Å². The lowest BCUT2D eigenvalue weighted by Crippen LogP contribution is -2.28. The van der Waals surface area contributed by atoms with E-state index in [1.807, 2.05) is 18.2 Å². The van der Waals surface area contributed by atoms with Crippen LogP contribution in [0.1, 0.15) is 37.7 Å². The van der Waals surface area contributed by atoms with Crippen LogP contribution in [0.25, 0.3) is 0 Å². The number of nitrogens with two attached hydrogens (primary N) is 1. The van der Waals surface area contributed by atoms with E-state index in [1.54, 1.807) is 0 Å². The Labute approximate surface area is 131 Å². The van der Waals surface area contributed by atoms with Gasteiger partial charge in [-0.15, -0.1) is 12.4 Å². The van der Waals surface area contributed by atoms with Gasteiger partial charge in [0.15, 0.2) is 0 Å². The Kier molecular flexibility index (Phi) is 5.48. The second kappa shape index (κ2) is 7.14. The Morgan fingerprint density at radius 2 is 2.19 bits per heavy atom. The normalized spacial score (nSPS) is 23.7. The van der Waals surface area contributed by atoms with Gasteiger partial charge in [-0.05, 0) is 55.4 Å².